The third-order valence-electron chi connectivity index (χ3n) is 5.01. The van der Waals surface area contributed by atoms with Gasteiger partial charge < -0.3 is 20.1 Å². The van der Waals surface area contributed by atoms with Crippen LogP contribution < -0.4 is 10.2 Å². The second-order valence-corrected chi connectivity index (χ2v) is 6.87. The van der Waals surface area contributed by atoms with Gasteiger partial charge in [0.25, 0.3) is 5.91 Å². The molecule has 0 saturated carbocycles. The van der Waals surface area contributed by atoms with Gasteiger partial charge >= 0.3 is 0 Å². The Kier molecular flexibility index (Phi) is 5.73. The molecule has 3 heterocycles. The lowest BCUT2D eigenvalue weighted by Crippen LogP contribution is -2.48. The highest BCUT2D eigenvalue weighted by molar-refractivity contribution is 6.04. The molecule has 2 amide bonds. The number of carbonyl (C=O) groups excluding carboxylic acids is 2. The Labute approximate surface area is 158 Å². The predicted octanol–water partition coefficient (Wildman–Crippen LogP) is 1.57. The van der Waals surface area contributed by atoms with E-state index in [0.29, 0.717) is 61.2 Å². The summed E-state index contributed by atoms with van der Waals surface area (Å²) in [7, 11) is 0. The van der Waals surface area contributed by atoms with Crippen LogP contribution in [0.15, 0.2) is 25.0 Å². The average Bonchev–Trinajstić information content (AvgIpc) is 3.14. The molecule has 0 unspecified atom stereocenters. The summed E-state index contributed by atoms with van der Waals surface area (Å²) in [6.07, 6.45) is 5.70. The summed E-state index contributed by atoms with van der Waals surface area (Å²) in [5.41, 5.74) is 1.66. The number of nitrogens with zero attached hydrogens (tertiary/aromatic N) is 4. The molecule has 144 valence electrons. The molecule has 0 radical (unpaired) electrons. The fourth-order valence-electron chi connectivity index (χ4n) is 3.00. The quantitative estimate of drug-likeness (QED) is 0.753. The molecule has 8 heteroatoms. The zero-order valence-corrected chi connectivity index (χ0v) is 15.9. The first-order valence-electron chi connectivity index (χ1n) is 9.32. The van der Waals surface area contributed by atoms with Gasteiger partial charge in [0.2, 0.25) is 5.91 Å². The van der Waals surface area contributed by atoms with Crippen molar-refractivity contribution in [1.82, 2.24) is 25.2 Å². The molecule has 0 bridgehead atoms. The largest absolute Gasteiger partial charge is 0.352 e. The first-order chi connectivity index (χ1) is 13.0. The smallest absolute Gasteiger partial charge is 0.255 e. The molecule has 0 aliphatic carbocycles. The van der Waals surface area contributed by atoms with Gasteiger partial charge in [0.05, 0.1) is 11.8 Å². The number of hydrogen-bond acceptors (Lipinski definition) is 5. The number of piperazine rings is 1. The second-order valence-electron chi connectivity index (χ2n) is 6.87. The highest BCUT2D eigenvalue weighted by Gasteiger charge is 2.22. The van der Waals surface area contributed by atoms with Crippen LogP contribution in [0.3, 0.4) is 0 Å². The minimum Gasteiger partial charge on any atom is -0.352 e. The highest BCUT2D eigenvalue weighted by atomic mass is 16.2. The third-order valence-corrected chi connectivity index (χ3v) is 5.01. The summed E-state index contributed by atoms with van der Waals surface area (Å²) in [5, 5.41) is 2.96. The molecule has 3 rings (SSSR count). The lowest BCUT2D eigenvalue weighted by molar-refractivity contribution is -0.126. The zero-order chi connectivity index (χ0) is 19.4. The van der Waals surface area contributed by atoms with Crippen molar-refractivity contribution in [1.29, 1.82) is 0 Å². The Morgan fingerprint density at radius 2 is 2.11 bits per heavy atom. The lowest BCUT2D eigenvalue weighted by Gasteiger charge is -2.34. The Bertz CT molecular complexity index is 838. The van der Waals surface area contributed by atoms with Crippen LogP contribution in [-0.2, 0) is 4.79 Å². The standard InChI is InChI=1S/C19H26N6O2/c1-4-13(3)10-22-19(27)14-11-20-18-17(14)23-15(12-21-18)24-6-8-25(9-7-24)16(26)5-2/h5,11-13H,2,4,6-10H2,1,3H3,(H,20,21)(H,22,27)/t13-/m1/s1. The normalized spacial score (nSPS) is 15.6. The first-order valence-corrected chi connectivity index (χ1v) is 9.32. The van der Waals surface area contributed by atoms with E-state index in [1.54, 1.807) is 17.3 Å². The summed E-state index contributed by atoms with van der Waals surface area (Å²) >= 11 is 0. The van der Waals surface area contributed by atoms with E-state index in [2.05, 4.69) is 45.6 Å². The van der Waals surface area contributed by atoms with Gasteiger partial charge in [0, 0.05) is 38.9 Å². The highest BCUT2D eigenvalue weighted by Crippen LogP contribution is 2.20. The molecule has 0 aromatic carbocycles. The number of rotatable bonds is 6. The molecule has 1 aliphatic rings. The van der Waals surface area contributed by atoms with E-state index in [0.717, 1.165) is 6.42 Å². The number of amides is 2. The van der Waals surface area contributed by atoms with Gasteiger partial charge in [-0.05, 0) is 12.0 Å². The van der Waals surface area contributed by atoms with E-state index < -0.39 is 0 Å². The summed E-state index contributed by atoms with van der Waals surface area (Å²) in [6, 6.07) is 0. The average molecular weight is 370 g/mol. The maximum absolute atomic E-state index is 12.5. The molecule has 27 heavy (non-hydrogen) atoms. The number of aromatic nitrogens is 3. The van der Waals surface area contributed by atoms with Crippen molar-refractivity contribution in [3.63, 3.8) is 0 Å². The summed E-state index contributed by atoms with van der Waals surface area (Å²) < 4.78 is 0. The molecule has 1 saturated heterocycles. The van der Waals surface area contributed by atoms with Gasteiger partial charge in [-0.1, -0.05) is 26.8 Å². The van der Waals surface area contributed by atoms with E-state index in [4.69, 9.17) is 0 Å². The Balaban J connectivity index is 1.74. The Hall–Kier alpha value is -2.90. The topological polar surface area (TPSA) is 94.2 Å². The monoisotopic (exact) mass is 370 g/mol. The molecule has 1 atom stereocenters. The van der Waals surface area contributed by atoms with E-state index in [-0.39, 0.29) is 11.8 Å². The van der Waals surface area contributed by atoms with Crippen LogP contribution in [-0.4, -0.2) is 64.4 Å². The minimum atomic E-state index is -0.144. The third kappa shape index (κ3) is 4.10. The van der Waals surface area contributed by atoms with Gasteiger partial charge in [0.15, 0.2) is 5.65 Å². The zero-order valence-electron chi connectivity index (χ0n) is 15.9. The predicted molar refractivity (Wildman–Crippen MR) is 105 cm³/mol. The lowest BCUT2D eigenvalue weighted by atomic mass is 10.1. The maximum atomic E-state index is 12.5. The SMILES string of the molecule is C=CC(=O)N1CCN(c2cnc3[nH]cc(C(=O)NC[C@H](C)CC)c3n2)CC1. The van der Waals surface area contributed by atoms with Gasteiger partial charge in [-0.15, -0.1) is 0 Å². The van der Waals surface area contributed by atoms with Crippen molar-refractivity contribution in [2.75, 3.05) is 37.6 Å². The molecule has 2 N–H and O–H groups in total. The number of anilines is 1. The first kappa shape index (κ1) is 18.9. The molecule has 2 aromatic rings. The van der Waals surface area contributed by atoms with Gasteiger partial charge in [-0.25, -0.2) is 9.97 Å². The van der Waals surface area contributed by atoms with E-state index in [9.17, 15) is 9.59 Å². The van der Waals surface area contributed by atoms with E-state index in [1.807, 2.05) is 0 Å². The van der Waals surface area contributed by atoms with Gasteiger partial charge in [0.1, 0.15) is 11.3 Å². The van der Waals surface area contributed by atoms with Crippen LogP contribution in [0, 0.1) is 5.92 Å². The van der Waals surface area contributed by atoms with Crippen LogP contribution in [0.1, 0.15) is 30.6 Å². The van der Waals surface area contributed by atoms with Crippen LogP contribution in [0.4, 0.5) is 5.82 Å². The van der Waals surface area contributed by atoms with Crippen LogP contribution >= 0.6 is 0 Å². The van der Waals surface area contributed by atoms with Crippen molar-refractivity contribution >= 4 is 28.8 Å². The molecule has 8 nitrogen and oxygen atoms in total. The number of H-pyrrole nitrogens is 1. The summed E-state index contributed by atoms with van der Waals surface area (Å²) in [5.74, 6) is 0.940. The Morgan fingerprint density at radius 1 is 1.37 bits per heavy atom. The van der Waals surface area contributed by atoms with Crippen LogP contribution in [0.5, 0.6) is 0 Å². The number of carbonyl (C=O) groups is 2. The summed E-state index contributed by atoms with van der Waals surface area (Å²) in [6.45, 7) is 10.9. The van der Waals surface area contributed by atoms with Crippen molar-refractivity contribution in [2.24, 2.45) is 5.92 Å². The van der Waals surface area contributed by atoms with Crippen molar-refractivity contribution in [3.05, 3.63) is 30.6 Å². The number of aromatic amines is 1. The molecular formula is C19H26N6O2. The second kappa shape index (κ2) is 8.20. The fraction of sp³-hybridized carbons (Fsp3) is 0.474. The van der Waals surface area contributed by atoms with E-state index >= 15 is 0 Å². The van der Waals surface area contributed by atoms with Crippen molar-refractivity contribution in [3.8, 4) is 0 Å². The van der Waals surface area contributed by atoms with E-state index in [1.165, 1.54) is 6.08 Å². The minimum absolute atomic E-state index is 0.0536. The fourth-order valence-corrected chi connectivity index (χ4v) is 3.00. The molecular weight excluding hydrogens is 344 g/mol. The molecule has 1 aliphatic heterocycles. The summed E-state index contributed by atoms with van der Waals surface area (Å²) in [4.78, 5) is 40.1. The molecule has 1 fully saturated rings. The van der Waals surface area contributed by atoms with Gasteiger partial charge in [-0.3, -0.25) is 9.59 Å². The number of hydrogen-bond donors (Lipinski definition) is 2. The van der Waals surface area contributed by atoms with Crippen molar-refractivity contribution in [2.45, 2.75) is 20.3 Å². The maximum Gasteiger partial charge on any atom is 0.255 e. The van der Waals surface area contributed by atoms with Crippen LogP contribution in [0.2, 0.25) is 0 Å². The van der Waals surface area contributed by atoms with Crippen molar-refractivity contribution < 1.29 is 9.59 Å². The molecule has 2 aromatic heterocycles. The Morgan fingerprint density at radius 3 is 2.78 bits per heavy atom. The number of nitrogens with one attached hydrogen (secondary N) is 2. The number of fused-ring (bicyclic) bond motifs is 1. The molecule has 0 spiro atoms. The van der Waals surface area contributed by atoms with Gasteiger partial charge in [-0.2, -0.15) is 0 Å². The van der Waals surface area contributed by atoms with Crippen LogP contribution in [0.25, 0.3) is 11.2 Å².